The predicted molar refractivity (Wildman–Crippen MR) is 182 cm³/mol. The van der Waals surface area contributed by atoms with Crippen molar-refractivity contribution in [3.05, 3.63) is 47.2 Å². The molecule has 8 unspecified atom stereocenters. The van der Waals surface area contributed by atoms with Gasteiger partial charge < -0.3 is 36.2 Å². The molecule has 260 valence electrons. The van der Waals surface area contributed by atoms with Gasteiger partial charge in [-0.15, -0.1) is 0 Å². The molecule has 8 atom stereocenters. The van der Waals surface area contributed by atoms with Crippen LogP contribution in [-0.2, 0) is 22.4 Å². The maximum atomic E-state index is 13.4. The number of anilines is 1. The number of nitrogens with one attached hydrogen (secondary N) is 1. The van der Waals surface area contributed by atoms with E-state index in [2.05, 4.69) is 22.1 Å². The van der Waals surface area contributed by atoms with E-state index in [-0.39, 0.29) is 30.1 Å². The molecule has 0 spiro atoms. The summed E-state index contributed by atoms with van der Waals surface area (Å²) < 4.78 is 5.34. The molecule has 2 heterocycles. The number of nitrogen functional groups attached to an aromatic ring is 1. The zero-order chi connectivity index (χ0) is 34.2. The molecule has 2 aromatic rings. The maximum absolute atomic E-state index is 13.4. The fraction of sp³-hybridized carbons (Fsp3) is 0.605. The number of Topliss-reactive ketones (excluding diaryl/α,β-unsaturated/α-hetero) is 2. The Morgan fingerprint density at radius 3 is 2.69 bits per heavy atom. The van der Waals surface area contributed by atoms with E-state index in [1.807, 2.05) is 6.07 Å². The summed E-state index contributed by atoms with van der Waals surface area (Å²) in [5.41, 5.74) is 8.12. The van der Waals surface area contributed by atoms with Crippen LogP contribution < -0.4 is 15.8 Å². The lowest BCUT2D eigenvalue weighted by Crippen LogP contribution is -2.48. The number of methoxy groups -OCH3 is 1. The highest BCUT2D eigenvalue weighted by molar-refractivity contribution is 5.85. The number of rotatable bonds is 13. The van der Waals surface area contributed by atoms with Crippen LogP contribution in [0.15, 0.2) is 30.5 Å². The summed E-state index contributed by atoms with van der Waals surface area (Å²) in [6.07, 6.45) is 6.60. The van der Waals surface area contributed by atoms with Crippen LogP contribution in [0, 0.1) is 29.6 Å². The number of ketones is 2. The standard InChI is InChI=1S/C38H51N3O7/c1-48-37-19-26-9-13-33(44)29(32(43)5-3-2-4-24-16-27-7-10-28(42)20-31(27)41-22-24)11-8-25(30(26)21-36(37)47)18-35(46)34(45)12-6-23-14-15-40-38(39)17-23/h14-15,17,19,21,24-25,27,29,31-32,34-35,41,43,45-47H,2-7,9-10,12-13,16,18,20,22H2,1H3,(H2,39,40). The number of nitrogens with two attached hydrogens (primary N) is 1. The number of aliphatic hydroxyl groups excluding tert-OH is 3. The van der Waals surface area contributed by atoms with Crippen molar-refractivity contribution in [2.75, 3.05) is 19.4 Å². The van der Waals surface area contributed by atoms with E-state index >= 15 is 0 Å². The van der Waals surface area contributed by atoms with Crippen molar-refractivity contribution in [3.8, 4) is 23.3 Å². The van der Waals surface area contributed by atoms with E-state index in [0.717, 1.165) is 49.8 Å². The number of carbonyl (C=O) groups excluding carboxylic acids is 2. The molecule has 10 nitrogen and oxygen atoms in total. The van der Waals surface area contributed by atoms with Crippen LogP contribution in [0.25, 0.3) is 0 Å². The van der Waals surface area contributed by atoms with Gasteiger partial charge in [-0.05, 0) is 111 Å². The Kier molecular flexibility index (Phi) is 12.5. The number of carbonyl (C=O) groups is 2. The molecule has 2 aliphatic carbocycles. The van der Waals surface area contributed by atoms with Gasteiger partial charge in [-0.25, -0.2) is 4.98 Å². The highest BCUT2D eigenvalue weighted by Crippen LogP contribution is 2.37. The Morgan fingerprint density at radius 1 is 1.06 bits per heavy atom. The summed E-state index contributed by atoms with van der Waals surface area (Å²) in [7, 11) is 1.46. The number of unbranched alkanes of at least 4 members (excludes halogenated alkanes) is 1. The minimum absolute atomic E-state index is 0.0730. The summed E-state index contributed by atoms with van der Waals surface area (Å²) in [5, 5.41) is 47.5. The lowest BCUT2D eigenvalue weighted by Gasteiger charge is -2.39. The summed E-state index contributed by atoms with van der Waals surface area (Å²) in [6.45, 7) is 0.921. The van der Waals surface area contributed by atoms with Gasteiger partial charge in [0.15, 0.2) is 17.3 Å². The molecule has 1 aromatic heterocycles. The third-order valence-corrected chi connectivity index (χ3v) is 10.6. The highest BCUT2D eigenvalue weighted by atomic mass is 16.5. The Hall–Kier alpha value is -3.49. The second-order valence-corrected chi connectivity index (χ2v) is 14.0. The molecule has 5 rings (SSSR count). The van der Waals surface area contributed by atoms with E-state index < -0.39 is 30.1 Å². The summed E-state index contributed by atoms with van der Waals surface area (Å²) in [5.74, 6) is 6.72. The van der Waals surface area contributed by atoms with Crippen molar-refractivity contribution < 1.29 is 34.8 Å². The normalized spacial score (nSPS) is 26.0. The monoisotopic (exact) mass is 661 g/mol. The molecule has 1 saturated carbocycles. The second kappa shape index (κ2) is 16.8. The lowest BCUT2D eigenvalue weighted by molar-refractivity contribution is -0.124. The lowest BCUT2D eigenvalue weighted by atomic mass is 9.74. The van der Waals surface area contributed by atoms with Crippen LogP contribution >= 0.6 is 0 Å². The van der Waals surface area contributed by atoms with Crippen molar-refractivity contribution in [3.63, 3.8) is 0 Å². The van der Waals surface area contributed by atoms with E-state index in [1.165, 1.54) is 7.11 Å². The highest BCUT2D eigenvalue weighted by Gasteiger charge is 2.35. The molecule has 10 heteroatoms. The van der Waals surface area contributed by atoms with Gasteiger partial charge in [0.05, 0.1) is 25.4 Å². The SMILES string of the molecule is COc1cc2c(cc1O)C(CC(O)C(O)CCc1ccnc(N)c1)C#CC(C(O)CCCCC1CNC3CC(=O)CCC3C1)C(=O)CC2. The van der Waals surface area contributed by atoms with Gasteiger partial charge >= 0.3 is 0 Å². The van der Waals surface area contributed by atoms with Gasteiger partial charge in [0.25, 0.3) is 0 Å². The van der Waals surface area contributed by atoms with Crippen LogP contribution in [0.2, 0.25) is 0 Å². The van der Waals surface area contributed by atoms with Gasteiger partial charge in [-0.3, -0.25) is 9.59 Å². The number of ether oxygens (including phenoxy) is 1. The fourth-order valence-corrected chi connectivity index (χ4v) is 7.73. The molecule has 0 bridgehead atoms. The first-order chi connectivity index (χ1) is 23.1. The van der Waals surface area contributed by atoms with Crippen LogP contribution in [0.4, 0.5) is 5.82 Å². The number of piperidine rings is 1. The number of phenolic OH excluding ortho intramolecular Hbond substituents is 1. The first-order valence-corrected chi connectivity index (χ1v) is 17.5. The quantitative estimate of drug-likeness (QED) is 0.137. The summed E-state index contributed by atoms with van der Waals surface area (Å²) in [6, 6.07) is 7.15. The van der Waals surface area contributed by atoms with Crippen LogP contribution in [0.3, 0.4) is 0 Å². The molecule has 1 aromatic carbocycles. The number of benzene rings is 1. The van der Waals surface area contributed by atoms with Crippen molar-refractivity contribution in [1.82, 2.24) is 10.3 Å². The van der Waals surface area contributed by atoms with E-state index in [4.69, 9.17) is 10.5 Å². The average Bonchev–Trinajstić information content (AvgIpc) is 3.13. The van der Waals surface area contributed by atoms with Crippen molar-refractivity contribution in [2.24, 2.45) is 17.8 Å². The van der Waals surface area contributed by atoms with Crippen molar-refractivity contribution in [1.29, 1.82) is 0 Å². The smallest absolute Gasteiger partial charge is 0.160 e. The number of phenols is 1. The van der Waals surface area contributed by atoms with Gasteiger partial charge in [0.2, 0.25) is 0 Å². The van der Waals surface area contributed by atoms with Gasteiger partial charge in [0, 0.05) is 37.4 Å². The number of aromatic nitrogens is 1. The molecular weight excluding hydrogens is 610 g/mol. The third-order valence-electron chi connectivity index (χ3n) is 10.6. The Morgan fingerprint density at radius 2 is 1.90 bits per heavy atom. The fourth-order valence-electron chi connectivity index (χ4n) is 7.73. The van der Waals surface area contributed by atoms with E-state index in [0.29, 0.717) is 73.6 Å². The summed E-state index contributed by atoms with van der Waals surface area (Å²) >= 11 is 0. The molecule has 2 fully saturated rings. The van der Waals surface area contributed by atoms with Crippen LogP contribution in [-0.4, -0.2) is 75.0 Å². The number of hydrogen-bond acceptors (Lipinski definition) is 10. The van der Waals surface area contributed by atoms with Gasteiger partial charge in [0.1, 0.15) is 17.5 Å². The Labute approximate surface area is 283 Å². The van der Waals surface area contributed by atoms with E-state index in [1.54, 1.807) is 24.4 Å². The second-order valence-electron chi connectivity index (χ2n) is 14.0. The summed E-state index contributed by atoms with van der Waals surface area (Å²) in [4.78, 5) is 29.2. The molecule has 0 amide bonds. The third kappa shape index (κ3) is 9.35. The number of pyridine rings is 1. The number of aryl methyl sites for hydroxylation is 2. The van der Waals surface area contributed by atoms with Gasteiger partial charge in [-0.2, -0.15) is 0 Å². The molecule has 3 aliphatic rings. The first-order valence-electron chi connectivity index (χ1n) is 17.5. The topological polar surface area (TPSA) is 175 Å². The zero-order valence-corrected chi connectivity index (χ0v) is 27.9. The molecule has 7 N–H and O–H groups in total. The molecule has 1 aliphatic heterocycles. The number of aliphatic hydroxyl groups is 3. The molecular formula is C38H51N3O7. The number of aromatic hydroxyl groups is 1. The number of hydrogen-bond donors (Lipinski definition) is 6. The number of nitrogens with zero attached hydrogens (tertiary/aromatic N) is 1. The number of fused-ring (bicyclic) bond motifs is 2. The Bertz CT molecular complexity index is 1490. The first kappa shape index (κ1) is 35.8. The minimum atomic E-state index is -1.13. The van der Waals surface area contributed by atoms with Crippen molar-refractivity contribution >= 4 is 17.4 Å². The van der Waals surface area contributed by atoms with E-state index in [9.17, 15) is 30.0 Å². The largest absolute Gasteiger partial charge is 0.504 e. The average molecular weight is 662 g/mol. The van der Waals surface area contributed by atoms with Crippen molar-refractivity contribution in [2.45, 2.75) is 114 Å². The maximum Gasteiger partial charge on any atom is 0.160 e. The van der Waals surface area contributed by atoms with Gasteiger partial charge in [-0.1, -0.05) is 24.7 Å². The van der Waals surface area contributed by atoms with Crippen LogP contribution in [0.1, 0.15) is 93.2 Å². The molecule has 0 radical (unpaired) electrons. The molecule has 48 heavy (non-hydrogen) atoms. The predicted octanol–water partition coefficient (Wildman–Crippen LogP) is 3.61. The van der Waals surface area contributed by atoms with Crippen LogP contribution in [0.5, 0.6) is 11.5 Å². The molecule has 1 saturated heterocycles. The minimum Gasteiger partial charge on any atom is -0.504 e. The zero-order valence-electron chi connectivity index (χ0n) is 27.9. The Balaban J connectivity index is 1.23.